The number of aryl methyl sites for hydroxylation is 2. The van der Waals surface area contributed by atoms with E-state index in [-0.39, 0.29) is 12.5 Å². The van der Waals surface area contributed by atoms with Crippen LogP contribution in [0.4, 0.5) is 0 Å². The molecule has 0 spiro atoms. The molecule has 4 heteroatoms. The second-order valence-corrected chi connectivity index (χ2v) is 6.92. The van der Waals surface area contributed by atoms with Crippen molar-refractivity contribution in [2.24, 2.45) is 5.92 Å². The first-order valence-corrected chi connectivity index (χ1v) is 7.27. The van der Waals surface area contributed by atoms with Crippen LogP contribution < -0.4 is 0 Å². The maximum Gasteiger partial charge on any atom is 0.183 e. The van der Waals surface area contributed by atoms with E-state index in [2.05, 4.69) is 0 Å². The largest absolute Gasteiger partial charge is 0.395 e. The zero-order chi connectivity index (χ0) is 13.2. The molecule has 96 valence electrons. The fourth-order valence-electron chi connectivity index (χ4n) is 1.73. The quantitative estimate of drug-likeness (QED) is 0.897. The van der Waals surface area contributed by atoms with E-state index in [1.807, 2.05) is 13.8 Å². The molecule has 0 radical (unpaired) electrons. The Balaban J connectivity index is 3.25. The third-order valence-corrected chi connectivity index (χ3v) is 5.53. The number of hydrogen-bond acceptors (Lipinski definition) is 3. The van der Waals surface area contributed by atoms with Crippen LogP contribution in [0, 0.1) is 19.8 Å². The van der Waals surface area contributed by atoms with E-state index in [9.17, 15) is 13.5 Å². The Morgan fingerprint density at radius 3 is 2.18 bits per heavy atom. The van der Waals surface area contributed by atoms with Gasteiger partial charge in [0.05, 0.1) is 16.8 Å². The molecule has 0 amide bonds. The van der Waals surface area contributed by atoms with Crippen molar-refractivity contribution in [2.45, 2.75) is 37.8 Å². The van der Waals surface area contributed by atoms with Gasteiger partial charge in [-0.05, 0) is 43.0 Å². The lowest BCUT2D eigenvalue weighted by atomic mass is 10.1. The summed E-state index contributed by atoms with van der Waals surface area (Å²) in [6, 6.07) is 5.09. The summed E-state index contributed by atoms with van der Waals surface area (Å²) in [6.07, 6.45) is 0. The van der Waals surface area contributed by atoms with Crippen molar-refractivity contribution in [1.82, 2.24) is 0 Å². The summed E-state index contributed by atoms with van der Waals surface area (Å²) in [4.78, 5) is 0.299. The van der Waals surface area contributed by atoms with E-state index in [0.717, 1.165) is 11.1 Å². The van der Waals surface area contributed by atoms with Crippen molar-refractivity contribution in [3.05, 3.63) is 29.3 Å². The Bertz CT molecular complexity index is 489. The number of hydrogen-bond donors (Lipinski definition) is 1. The molecular formula is C13H20O3S. The van der Waals surface area contributed by atoms with Crippen LogP contribution in [-0.4, -0.2) is 25.4 Å². The maximum atomic E-state index is 12.3. The molecule has 0 heterocycles. The zero-order valence-electron chi connectivity index (χ0n) is 10.8. The fraction of sp³-hybridized carbons (Fsp3) is 0.538. The summed E-state index contributed by atoms with van der Waals surface area (Å²) in [7, 11) is -3.44. The normalized spacial score (nSPS) is 14.0. The molecule has 1 unspecified atom stereocenters. The average Bonchev–Trinajstić information content (AvgIpc) is 2.21. The third-order valence-electron chi connectivity index (χ3n) is 3.13. The smallest absolute Gasteiger partial charge is 0.183 e. The molecule has 17 heavy (non-hydrogen) atoms. The summed E-state index contributed by atoms with van der Waals surface area (Å²) < 4.78 is 24.6. The van der Waals surface area contributed by atoms with Crippen LogP contribution in [0.3, 0.4) is 0 Å². The van der Waals surface area contributed by atoms with Crippen LogP contribution in [0.1, 0.15) is 25.0 Å². The molecule has 1 N–H and O–H groups in total. The van der Waals surface area contributed by atoms with Gasteiger partial charge in [0, 0.05) is 0 Å². The molecule has 0 saturated heterocycles. The van der Waals surface area contributed by atoms with Crippen molar-refractivity contribution in [3.8, 4) is 0 Å². The van der Waals surface area contributed by atoms with Crippen LogP contribution in [0.15, 0.2) is 23.1 Å². The van der Waals surface area contributed by atoms with Crippen LogP contribution in [-0.2, 0) is 9.84 Å². The molecule has 3 nitrogen and oxygen atoms in total. The minimum absolute atomic E-state index is 0.105. The lowest BCUT2D eigenvalue weighted by Gasteiger charge is -2.19. The number of rotatable bonds is 4. The van der Waals surface area contributed by atoms with Gasteiger partial charge >= 0.3 is 0 Å². The van der Waals surface area contributed by atoms with E-state index < -0.39 is 15.1 Å². The molecular weight excluding hydrogens is 236 g/mol. The molecule has 1 aromatic carbocycles. The summed E-state index contributed by atoms with van der Waals surface area (Å²) in [5, 5.41) is 8.51. The lowest BCUT2D eigenvalue weighted by Crippen LogP contribution is -2.30. The van der Waals surface area contributed by atoms with E-state index in [1.54, 1.807) is 32.0 Å². The second-order valence-electron chi connectivity index (χ2n) is 4.76. The highest BCUT2D eigenvalue weighted by atomic mass is 32.2. The van der Waals surface area contributed by atoms with Crippen molar-refractivity contribution in [2.75, 3.05) is 6.61 Å². The van der Waals surface area contributed by atoms with Gasteiger partial charge in [0.15, 0.2) is 9.84 Å². The van der Waals surface area contributed by atoms with Crippen LogP contribution in [0.5, 0.6) is 0 Å². The Kier molecular flexibility index (Phi) is 4.33. The van der Waals surface area contributed by atoms with Gasteiger partial charge in [0.2, 0.25) is 0 Å². The van der Waals surface area contributed by atoms with E-state index in [4.69, 9.17) is 0 Å². The van der Waals surface area contributed by atoms with Gasteiger partial charge in [0.25, 0.3) is 0 Å². The number of sulfone groups is 1. The van der Waals surface area contributed by atoms with Crippen molar-refractivity contribution in [1.29, 1.82) is 0 Å². The average molecular weight is 256 g/mol. The minimum atomic E-state index is -3.44. The topological polar surface area (TPSA) is 54.4 Å². The Morgan fingerprint density at radius 2 is 1.76 bits per heavy atom. The zero-order valence-corrected chi connectivity index (χ0v) is 11.6. The van der Waals surface area contributed by atoms with Crippen molar-refractivity contribution < 1.29 is 13.5 Å². The number of aliphatic hydroxyl groups excluding tert-OH is 1. The first kappa shape index (κ1) is 14.2. The standard InChI is InChI=1S/C13H20O3S/c1-9(2)13(8-14)17(15,16)12-6-5-10(3)11(4)7-12/h5-7,9,13-14H,8H2,1-4H3. The van der Waals surface area contributed by atoms with Gasteiger partial charge in [0.1, 0.15) is 0 Å². The van der Waals surface area contributed by atoms with Gasteiger partial charge in [-0.3, -0.25) is 0 Å². The molecule has 0 bridgehead atoms. The van der Waals surface area contributed by atoms with Gasteiger partial charge < -0.3 is 5.11 Å². The predicted octanol–water partition coefficient (Wildman–Crippen LogP) is 2.09. The van der Waals surface area contributed by atoms with Gasteiger partial charge in [-0.2, -0.15) is 0 Å². The molecule has 1 rings (SSSR count). The molecule has 0 saturated carbocycles. The highest BCUT2D eigenvalue weighted by Gasteiger charge is 2.29. The van der Waals surface area contributed by atoms with Gasteiger partial charge in [-0.15, -0.1) is 0 Å². The highest BCUT2D eigenvalue weighted by molar-refractivity contribution is 7.92. The van der Waals surface area contributed by atoms with Crippen molar-refractivity contribution >= 4 is 9.84 Å². The van der Waals surface area contributed by atoms with Gasteiger partial charge in [-0.1, -0.05) is 19.9 Å². The highest BCUT2D eigenvalue weighted by Crippen LogP contribution is 2.23. The second kappa shape index (κ2) is 5.19. The first-order valence-electron chi connectivity index (χ1n) is 5.72. The summed E-state index contributed by atoms with van der Waals surface area (Å²) >= 11 is 0. The van der Waals surface area contributed by atoms with Crippen LogP contribution in [0.2, 0.25) is 0 Å². The molecule has 1 atom stereocenters. The Hall–Kier alpha value is -0.870. The SMILES string of the molecule is Cc1ccc(S(=O)(=O)C(CO)C(C)C)cc1C. The molecule has 1 aromatic rings. The third kappa shape index (κ3) is 2.87. The summed E-state index contributed by atoms with van der Waals surface area (Å²) in [5.41, 5.74) is 2.01. The van der Waals surface area contributed by atoms with Crippen LogP contribution >= 0.6 is 0 Å². The number of aliphatic hydroxyl groups is 1. The lowest BCUT2D eigenvalue weighted by molar-refractivity contribution is 0.269. The van der Waals surface area contributed by atoms with Gasteiger partial charge in [-0.25, -0.2) is 8.42 Å². The fourth-order valence-corrected chi connectivity index (χ4v) is 3.59. The summed E-state index contributed by atoms with van der Waals surface area (Å²) in [5.74, 6) is -0.105. The van der Waals surface area contributed by atoms with Crippen molar-refractivity contribution in [3.63, 3.8) is 0 Å². The predicted molar refractivity (Wildman–Crippen MR) is 68.8 cm³/mol. The molecule has 0 aliphatic rings. The Morgan fingerprint density at radius 1 is 1.18 bits per heavy atom. The minimum Gasteiger partial charge on any atom is -0.395 e. The molecule has 0 fully saturated rings. The van der Waals surface area contributed by atoms with E-state index >= 15 is 0 Å². The molecule has 0 aromatic heterocycles. The summed E-state index contributed by atoms with van der Waals surface area (Å²) in [6.45, 7) is 7.10. The molecule has 0 aliphatic carbocycles. The monoisotopic (exact) mass is 256 g/mol. The maximum absolute atomic E-state index is 12.3. The Labute approximate surface area is 103 Å². The number of benzene rings is 1. The van der Waals surface area contributed by atoms with E-state index in [0.29, 0.717) is 4.90 Å². The van der Waals surface area contributed by atoms with E-state index in [1.165, 1.54) is 0 Å². The first-order chi connectivity index (χ1) is 7.80. The molecule has 0 aliphatic heterocycles. The van der Waals surface area contributed by atoms with Crippen LogP contribution in [0.25, 0.3) is 0 Å².